The standard InChI is InChI=1S/C15H25N5O2/c1-4-18(2)11-14(21)16-8-12-5-6-20(10-12)13-7-15(22)19(3)17-9-13/h7,9,12H,4-6,8,10-11H2,1-3H3,(H,16,21)/t12-/m1/s1. The molecular formula is C15H25N5O2. The molecule has 1 atom stereocenters. The second-order valence-corrected chi connectivity index (χ2v) is 5.91. The molecule has 1 aliphatic heterocycles. The van der Waals surface area contributed by atoms with Gasteiger partial charge in [0.2, 0.25) is 5.91 Å². The first-order chi connectivity index (χ1) is 10.5. The topological polar surface area (TPSA) is 70.5 Å². The lowest BCUT2D eigenvalue weighted by atomic mass is 10.1. The fourth-order valence-electron chi connectivity index (χ4n) is 2.54. The number of carbonyl (C=O) groups is 1. The summed E-state index contributed by atoms with van der Waals surface area (Å²) in [4.78, 5) is 27.5. The molecule has 1 saturated heterocycles. The van der Waals surface area contributed by atoms with Crippen LogP contribution in [0.15, 0.2) is 17.1 Å². The molecule has 1 aromatic rings. The van der Waals surface area contributed by atoms with Crippen LogP contribution in [0.1, 0.15) is 13.3 Å². The van der Waals surface area contributed by atoms with E-state index >= 15 is 0 Å². The minimum Gasteiger partial charge on any atom is -0.370 e. The molecule has 7 nitrogen and oxygen atoms in total. The maximum atomic E-state index is 11.8. The molecule has 7 heteroatoms. The maximum Gasteiger partial charge on any atom is 0.268 e. The van der Waals surface area contributed by atoms with E-state index in [1.54, 1.807) is 19.3 Å². The van der Waals surface area contributed by atoms with Gasteiger partial charge in [-0.1, -0.05) is 6.92 Å². The smallest absolute Gasteiger partial charge is 0.268 e. The summed E-state index contributed by atoms with van der Waals surface area (Å²) in [6.45, 7) is 5.75. The van der Waals surface area contributed by atoms with E-state index in [0.717, 1.165) is 31.7 Å². The zero-order chi connectivity index (χ0) is 16.1. The van der Waals surface area contributed by atoms with Crippen molar-refractivity contribution in [2.24, 2.45) is 13.0 Å². The van der Waals surface area contributed by atoms with Crippen LogP contribution in [0.25, 0.3) is 0 Å². The van der Waals surface area contributed by atoms with Crippen LogP contribution in [0.3, 0.4) is 0 Å². The maximum absolute atomic E-state index is 11.8. The third-order valence-electron chi connectivity index (χ3n) is 4.15. The highest BCUT2D eigenvalue weighted by Gasteiger charge is 2.23. The lowest BCUT2D eigenvalue weighted by molar-refractivity contribution is -0.122. The monoisotopic (exact) mass is 307 g/mol. The normalized spacial score (nSPS) is 18.0. The van der Waals surface area contributed by atoms with Gasteiger partial charge in [-0.15, -0.1) is 0 Å². The van der Waals surface area contributed by atoms with Crippen LogP contribution in [0, 0.1) is 5.92 Å². The molecule has 1 aliphatic rings. The Hall–Kier alpha value is -1.89. The number of hydrogen-bond acceptors (Lipinski definition) is 5. The van der Waals surface area contributed by atoms with E-state index in [-0.39, 0.29) is 11.5 Å². The SMILES string of the molecule is CCN(C)CC(=O)NC[C@H]1CCN(c2cnn(C)c(=O)c2)C1. The third-order valence-corrected chi connectivity index (χ3v) is 4.15. The number of anilines is 1. The predicted octanol–water partition coefficient (Wildman–Crippen LogP) is -0.325. The predicted molar refractivity (Wildman–Crippen MR) is 86.0 cm³/mol. The highest BCUT2D eigenvalue weighted by molar-refractivity contribution is 5.77. The molecule has 122 valence electrons. The Morgan fingerprint density at radius 1 is 1.55 bits per heavy atom. The van der Waals surface area contributed by atoms with Crippen molar-refractivity contribution < 1.29 is 4.79 Å². The molecule has 1 amide bonds. The fraction of sp³-hybridized carbons (Fsp3) is 0.667. The van der Waals surface area contributed by atoms with Crippen molar-refractivity contribution in [3.63, 3.8) is 0 Å². The molecule has 0 aliphatic carbocycles. The molecule has 0 saturated carbocycles. The van der Waals surface area contributed by atoms with E-state index < -0.39 is 0 Å². The van der Waals surface area contributed by atoms with E-state index in [0.29, 0.717) is 19.0 Å². The van der Waals surface area contributed by atoms with E-state index in [1.807, 2.05) is 18.9 Å². The summed E-state index contributed by atoms with van der Waals surface area (Å²) >= 11 is 0. The van der Waals surface area contributed by atoms with Crippen molar-refractivity contribution >= 4 is 11.6 Å². The van der Waals surface area contributed by atoms with E-state index in [9.17, 15) is 9.59 Å². The van der Waals surface area contributed by atoms with Gasteiger partial charge in [0, 0.05) is 32.7 Å². The summed E-state index contributed by atoms with van der Waals surface area (Å²) in [5.41, 5.74) is 0.763. The first-order valence-corrected chi connectivity index (χ1v) is 7.73. The van der Waals surface area contributed by atoms with Crippen molar-refractivity contribution in [3.8, 4) is 0 Å². The van der Waals surface area contributed by atoms with Crippen molar-refractivity contribution in [1.29, 1.82) is 0 Å². The van der Waals surface area contributed by atoms with Gasteiger partial charge in [0.15, 0.2) is 0 Å². The number of carbonyl (C=O) groups excluding carboxylic acids is 1. The minimum atomic E-state index is -0.100. The van der Waals surface area contributed by atoms with E-state index in [4.69, 9.17) is 0 Å². The van der Waals surface area contributed by atoms with Gasteiger partial charge in [-0.3, -0.25) is 14.5 Å². The van der Waals surface area contributed by atoms with Crippen LogP contribution in [-0.4, -0.2) is 60.4 Å². The lowest BCUT2D eigenvalue weighted by Crippen LogP contribution is -2.38. The Bertz CT molecular complexity index is 571. The van der Waals surface area contributed by atoms with Crippen molar-refractivity contribution in [1.82, 2.24) is 20.0 Å². The van der Waals surface area contributed by atoms with Crippen LogP contribution in [-0.2, 0) is 11.8 Å². The number of aryl methyl sites for hydroxylation is 1. The molecule has 22 heavy (non-hydrogen) atoms. The quantitative estimate of drug-likeness (QED) is 0.779. The Kier molecular flexibility index (Phi) is 5.54. The molecule has 1 fully saturated rings. The number of nitrogens with zero attached hydrogens (tertiary/aromatic N) is 4. The van der Waals surface area contributed by atoms with Crippen LogP contribution < -0.4 is 15.8 Å². The summed E-state index contributed by atoms with van der Waals surface area (Å²) < 4.78 is 1.32. The van der Waals surface area contributed by atoms with Crippen LogP contribution in [0.2, 0.25) is 0 Å². The second-order valence-electron chi connectivity index (χ2n) is 5.91. The molecule has 2 rings (SSSR count). The van der Waals surface area contributed by atoms with Crippen LogP contribution in [0.5, 0.6) is 0 Å². The largest absolute Gasteiger partial charge is 0.370 e. The Morgan fingerprint density at radius 3 is 3.00 bits per heavy atom. The molecule has 0 aromatic carbocycles. The van der Waals surface area contributed by atoms with Gasteiger partial charge in [-0.05, 0) is 25.9 Å². The van der Waals surface area contributed by atoms with E-state index in [1.165, 1.54) is 4.68 Å². The van der Waals surface area contributed by atoms with Gasteiger partial charge in [-0.2, -0.15) is 5.10 Å². The summed E-state index contributed by atoms with van der Waals surface area (Å²) in [5.74, 6) is 0.484. The number of aromatic nitrogens is 2. The molecule has 1 aromatic heterocycles. The number of rotatable bonds is 6. The number of nitrogens with one attached hydrogen (secondary N) is 1. The zero-order valence-electron chi connectivity index (χ0n) is 13.6. The molecule has 2 heterocycles. The highest BCUT2D eigenvalue weighted by atomic mass is 16.2. The average molecular weight is 307 g/mol. The first kappa shape index (κ1) is 16.5. The summed E-state index contributed by atoms with van der Waals surface area (Å²) in [7, 11) is 3.57. The molecule has 1 N–H and O–H groups in total. The fourth-order valence-corrected chi connectivity index (χ4v) is 2.54. The average Bonchev–Trinajstić information content (AvgIpc) is 2.96. The lowest BCUT2D eigenvalue weighted by Gasteiger charge is -2.19. The van der Waals surface area contributed by atoms with E-state index in [2.05, 4.69) is 15.3 Å². The van der Waals surface area contributed by atoms with Gasteiger partial charge in [0.05, 0.1) is 18.4 Å². The zero-order valence-corrected chi connectivity index (χ0v) is 13.6. The molecule has 0 spiro atoms. The second kappa shape index (κ2) is 7.40. The Morgan fingerprint density at radius 2 is 2.32 bits per heavy atom. The third kappa shape index (κ3) is 4.30. The van der Waals surface area contributed by atoms with Crippen LogP contribution in [0.4, 0.5) is 5.69 Å². The van der Waals surface area contributed by atoms with Gasteiger partial charge in [0.25, 0.3) is 5.56 Å². The summed E-state index contributed by atoms with van der Waals surface area (Å²) in [6, 6.07) is 1.62. The summed E-state index contributed by atoms with van der Waals surface area (Å²) in [5, 5.41) is 7.05. The number of amides is 1. The van der Waals surface area contributed by atoms with Gasteiger partial charge in [0.1, 0.15) is 0 Å². The molecule has 0 radical (unpaired) electrons. The Labute approximate surface area is 130 Å². The Balaban J connectivity index is 1.81. The van der Waals surface area contributed by atoms with Crippen molar-refractivity contribution in [3.05, 3.63) is 22.6 Å². The minimum absolute atomic E-state index is 0.0676. The van der Waals surface area contributed by atoms with Crippen molar-refractivity contribution in [2.75, 3.05) is 44.7 Å². The number of hydrogen-bond donors (Lipinski definition) is 1. The van der Waals surface area contributed by atoms with Gasteiger partial charge >= 0.3 is 0 Å². The molecule has 0 bridgehead atoms. The molecule has 0 unspecified atom stereocenters. The first-order valence-electron chi connectivity index (χ1n) is 7.73. The van der Waals surface area contributed by atoms with Crippen LogP contribution >= 0.6 is 0 Å². The van der Waals surface area contributed by atoms with Gasteiger partial charge < -0.3 is 10.2 Å². The van der Waals surface area contributed by atoms with Crippen molar-refractivity contribution in [2.45, 2.75) is 13.3 Å². The van der Waals surface area contributed by atoms with Gasteiger partial charge in [-0.25, -0.2) is 4.68 Å². The highest BCUT2D eigenvalue weighted by Crippen LogP contribution is 2.21. The molecular weight excluding hydrogens is 282 g/mol. The number of likely N-dealkylation sites (N-methyl/N-ethyl adjacent to an activating group) is 1. The summed E-state index contributed by atoms with van der Waals surface area (Å²) in [6.07, 6.45) is 2.73.